The Hall–Kier alpha value is -1.51. The van der Waals surface area contributed by atoms with Crippen molar-refractivity contribution in [1.29, 1.82) is 0 Å². The van der Waals surface area contributed by atoms with Gasteiger partial charge in [0.15, 0.2) is 5.78 Å². The summed E-state index contributed by atoms with van der Waals surface area (Å²) in [5, 5.41) is 0. The Kier molecular flexibility index (Phi) is 1.75. The van der Waals surface area contributed by atoms with Gasteiger partial charge in [-0.15, -0.1) is 0 Å². The molecule has 0 unspecified atom stereocenters. The minimum Gasteiger partial charge on any atom is -0.493 e. The highest BCUT2D eigenvalue weighted by Gasteiger charge is 2.28. The molecular weight excluding hydrogens is 192 g/mol. The maximum Gasteiger partial charge on any atom is 0.163 e. The highest BCUT2D eigenvalue weighted by atomic mass is 16.5. The van der Waals surface area contributed by atoms with Crippen LogP contribution in [0.2, 0.25) is 0 Å². The third kappa shape index (κ3) is 1.16. The average molecular weight is 204 g/mol. The molecule has 0 bridgehead atoms. The number of rotatable bonds is 1. The Labute approximate surface area is 88.0 Å². The maximum absolute atomic E-state index is 11.6. The first-order chi connectivity index (χ1) is 7.27. The van der Waals surface area contributed by atoms with E-state index < -0.39 is 0 Å². The van der Waals surface area contributed by atoms with E-state index in [1.54, 1.807) is 6.92 Å². The summed E-state index contributed by atoms with van der Waals surface area (Å²) < 4.78 is 11.0. The molecule has 1 aromatic rings. The molecule has 2 aliphatic heterocycles. The minimum absolute atomic E-state index is 0.0792. The Morgan fingerprint density at radius 2 is 2.07 bits per heavy atom. The Morgan fingerprint density at radius 1 is 1.27 bits per heavy atom. The van der Waals surface area contributed by atoms with Crippen LogP contribution in [0.25, 0.3) is 0 Å². The van der Waals surface area contributed by atoms with Crippen LogP contribution in [0.5, 0.6) is 11.5 Å². The molecule has 0 spiro atoms. The molecule has 2 heterocycles. The van der Waals surface area contributed by atoms with E-state index in [1.165, 1.54) is 0 Å². The van der Waals surface area contributed by atoms with Crippen LogP contribution in [0.4, 0.5) is 0 Å². The number of hydrogen-bond acceptors (Lipinski definition) is 3. The van der Waals surface area contributed by atoms with Gasteiger partial charge in [-0.2, -0.15) is 0 Å². The van der Waals surface area contributed by atoms with E-state index >= 15 is 0 Å². The van der Waals surface area contributed by atoms with Crippen LogP contribution in [-0.2, 0) is 12.8 Å². The number of ketones is 1. The lowest BCUT2D eigenvalue weighted by Gasteiger charge is -2.09. The monoisotopic (exact) mass is 204 g/mol. The summed E-state index contributed by atoms with van der Waals surface area (Å²) in [7, 11) is 0. The topological polar surface area (TPSA) is 35.5 Å². The van der Waals surface area contributed by atoms with Crippen molar-refractivity contribution in [3.8, 4) is 11.5 Å². The molecule has 3 nitrogen and oxygen atoms in total. The van der Waals surface area contributed by atoms with Crippen LogP contribution in [0.1, 0.15) is 28.4 Å². The Balaban J connectivity index is 2.29. The molecule has 0 aliphatic carbocycles. The van der Waals surface area contributed by atoms with E-state index in [1.807, 2.05) is 6.07 Å². The molecule has 0 radical (unpaired) electrons. The van der Waals surface area contributed by atoms with Gasteiger partial charge in [0.25, 0.3) is 0 Å². The van der Waals surface area contributed by atoms with E-state index in [2.05, 4.69) is 0 Å². The predicted octanol–water partition coefficient (Wildman–Crippen LogP) is 1.76. The molecule has 0 N–H and O–H groups in total. The second-order valence-corrected chi connectivity index (χ2v) is 3.97. The number of fused-ring (bicyclic) bond motifs is 2. The van der Waals surface area contributed by atoms with Gasteiger partial charge in [-0.25, -0.2) is 0 Å². The summed E-state index contributed by atoms with van der Waals surface area (Å²) in [6.45, 7) is 2.95. The van der Waals surface area contributed by atoms with Crippen molar-refractivity contribution in [3.63, 3.8) is 0 Å². The summed E-state index contributed by atoms with van der Waals surface area (Å²) in [4.78, 5) is 11.6. The number of Topliss-reactive ketones (excluding diaryl/α,β-unsaturated/α-hetero) is 1. The van der Waals surface area contributed by atoms with E-state index in [0.717, 1.165) is 41.0 Å². The number of benzene rings is 1. The lowest BCUT2D eigenvalue weighted by atomic mass is 9.97. The van der Waals surface area contributed by atoms with Crippen LogP contribution in [-0.4, -0.2) is 19.0 Å². The molecule has 0 amide bonds. The zero-order chi connectivity index (χ0) is 10.4. The third-order valence-electron chi connectivity index (χ3n) is 3.00. The second kappa shape index (κ2) is 2.99. The SMILES string of the molecule is CC(=O)c1c2c(cc3c1OCC3)OCC2. The molecule has 1 aromatic carbocycles. The van der Waals surface area contributed by atoms with Crippen LogP contribution < -0.4 is 9.47 Å². The van der Waals surface area contributed by atoms with Crippen LogP contribution in [0.15, 0.2) is 6.07 Å². The first-order valence-corrected chi connectivity index (χ1v) is 5.22. The molecule has 3 rings (SSSR count). The van der Waals surface area contributed by atoms with Crippen molar-refractivity contribution in [1.82, 2.24) is 0 Å². The first kappa shape index (κ1) is 8.77. The fraction of sp³-hybridized carbons (Fsp3) is 0.417. The number of carbonyl (C=O) groups excluding carboxylic acids is 1. The predicted molar refractivity (Wildman–Crippen MR) is 54.8 cm³/mol. The van der Waals surface area contributed by atoms with Gasteiger partial charge in [0, 0.05) is 24.0 Å². The molecule has 15 heavy (non-hydrogen) atoms. The van der Waals surface area contributed by atoms with Gasteiger partial charge < -0.3 is 9.47 Å². The van der Waals surface area contributed by atoms with Gasteiger partial charge >= 0.3 is 0 Å². The van der Waals surface area contributed by atoms with Gasteiger partial charge in [-0.1, -0.05) is 0 Å². The van der Waals surface area contributed by atoms with Crippen LogP contribution >= 0.6 is 0 Å². The lowest BCUT2D eigenvalue weighted by Crippen LogP contribution is -2.01. The van der Waals surface area contributed by atoms with E-state index in [4.69, 9.17) is 9.47 Å². The van der Waals surface area contributed by atoms with Gasteiger partial charge in [0.2, 0.25) is 0 Å². The van der Waals surface area contributed by atoms with Crippen LogP contribution in [0, 0.1) is 0 Å². The lowest BCUT2D eigenvalue weighted by molar-refractivity contribution is 0.101. The fourth-order valence-corrected chi connectivity index (χ4v) is 2.36. The van der Waals surface area contributed by atoms with E-state index in [9.17, 15) is 4.79 Å². The van der Waals surface area contributed by atoms with Crippen molar-refractivity contribution in [2.24, 2.45) is 0 Å². The smallest absolute Gasteiger partial charge is 0.163 e. The largest absolute Gasteiger partial charge is 0.493 e. The van der Waals surface area contributed by atoms with Crippen molar-refractivity contribution >= 4 is 5.78 Å². The molecule has 0 fully saturated rings. The Morgan fingerprint density at radius 3 is 2.87 bits per heavy atom. The van der Waals surface area contributed by atoms with Crippen molar-refractivity contribution in [3.05, 3.63) is 22.8 Å². The van der Waals surface area contributed by atoms with E-state index in [0.29, 0.717) is 13.2 Å². The quantitative estimate of drug-likeness (QED) is 0.654. The highest BCUT2D eigenvalue weighted by Crippen LogP contribution is 2.40. The summed E-state index contributed by atoms with van der Waals surface area (Å²) in [5.41, 5.74) is 2.89. The van der Waals surface area contributed by atoms with Crippen molar-refractivity contribution in [2.45, 2.75) is 19.8 Å². The summed E-state index contributed by atoms with van der Waals surface area (Å²) in [5.74, 6) is 1.76. The fourth-order valence-electron chi connectivity index (χ4n) is 2.36. The van der Waals surface area contributed by atoms with Crippen LogP contribution in [0.3, 0.4) is 0 Å². The summed E-state index contributed by atoms with van der Waals surface area (Å²) in [6, 6.07) is 2.02. The van der Waals surface area contributed by atoms with E-state index in [-0.39, 0.29) is 5.78 Å². The van der Waals surface area contributed by atoms with Gasteiger partial charge in [0.05, 0.1) is 18.8 Å². The zero-order valence-corrected chi connectivity index (χ0v) is 8.63. The highest BCUT2D eigenvalue weighted by molar-refractivity contribution is 6.00. The number of carbonyl (C=O) groups is 1. The third-order valence-corrected chi connectivity index (χ3v) is 3.00. The maximum atomic E-state index is 11.6. The summed E-state index contributed by atoms with van der Waals surface area (Å²) >= 11 is 0. The molecular formula is C12H12O3. The molecule has 0 aromatic heterocycles. The van der Waals surface area contributed by atoms with Gasteiger partial charge in [-0.05, 0) is 13.0 Å². The molecule has 78 valence electrons. The molecule has 0 atom stereocenters. The summed E-state index contributed by atoms with van der Waals surface area (Å²) in [6.07, 6.45) is 1.70. The zero-order valence-electron chi connectivity index (χ0n) is 8.63. The van der Waals surface area contributed by atoms with Gasteiger partial charge in [0.1, 0.15) is 11.5 Å². The molecule has 0 saturated heterocycles. The van der Waals surface area contributed by atoms with Gasteiger partial charge in [-0.3, -0.25) is 4.79 Å². The molecule has 0 saturated carbocycles. The van der Waals surface area contributed by atoms with Crippen molar-refractivity contribution in [2.75, 3.05) is 13.2 Å². The minimum atomic E-state index is 0.0792. The average Bonchev–Trinajstić information content (AvgIpc) is 2.79. The normalized spacial score (nSPS) is 16.6. The standard InChI is InChI=1S/C12H12O3/c1-7(13)11-9-3-5-14-10(9)6-8-2-4-15-12(8)11/h6H,2-5H2,1H3. The molecule has 3 heteroatoms. The Bertz CT molecular complexity index is 416. The second-order valence-electron chi connectivity index (χ2n) is 3.97. The number of ether oxygens (including phenoxy) is 2. The molecule has 2 aliphatic rings. The van der Waals surface area contributed by atoms with Crippen molar-refractivity contribution < 1.29 is 14.3 Å². The first-order valence-electron chi connectivity index (χ1n) is 5.22. The number of hydrogen-bond donors (Lipinski definition) is 0.